The summed E-state index contributed by atoms with van der Waals surface area (Å²) >= 11 is 0. The number of hydrogen-bond acceptors (Lipinski definition) is 2. The number of imidazole rings is 1. The van der Waals surface area contributed by atoms with Gasteiger partial charge >= 0.3 is 0 Å². The fourth-order valence-electron chi connectivity index (χ4n) is 4.24. The molecule has 1 aliphatic rings. The minimum Gasteiger partial charge on any atom is -0.340 e. The van der Waals surface area contributed by atoms with Crippen molar-refractivity contribution in [3.05, 3.63) is 90.0 Å². The Bertz CT molecular complexity index is 862. The molecule has 0 radical (unpaired) electrons. The zero-order valence-electron chi connectivity index (χ0n) is 15.7. The number of carbonyl (C=O) groups excluding carboxylic acids is 1. The molecule has 0 N–H and O–H groups in total. The highest BCUT2D eigenvalue weighted by atomic mass is 16.2. The van der Waals surface area contributed by atoms with E-state index in [-0.39, 0.29) is 11.3 Å². The van der Waals surface area contributed by atoms with Crippen molar-refractivity contribution >= 4 is 5.91 Å². The van der Waals surface area contributed by atoms with E-state index in [4.69, 9.17) is 0 Å². The molecule has 2 aromatic carbocycles. The van der Waals surface area contributed by atoms with Crippen molar-refractivity contribution in [2.45, 2.75) is 31.7 Å². The molecule has 0 bridgehead atoms. The van der Waals surface area contributed by atoms with Crippen molar-refractivity contribution < 1.29 is 4.79 Å². The summed E-state index contributed by atoms with van der Waals surface area (Å²) < 4.78 is 1.92. The van der Waals surface area contributed by atoms with Crippen LogP contribution in [0.1, 0.15) is 29.8 Å². The standard InChI is InChI=1S/C23H25N3O/c1-19-24-14-16-25(19)17-22(27)26-15-8-13-23(18-26,20-9-4-2-5-10-20)21-11-6-3-7-12-21/h2-7,9-12,14,16H,8,13,15,17-18H2,1H3. The van der Waals surface area contributed by atoms with Gasteiger partial charge in [-0.3, -0.25) is 4.79 Å². The van der Waals surface area contributed by atoms with E-state index in [1.165, 1.54) is 11.1 Å². The van der Waals surface area contributed by atoms with Crippen molar-refractivity contribution in [1.82, 2.24) is 14.5 Å². The Morgan fingerprint density at radius 3 is 2.22 bits per heavy atom. The minimum absolute atomic E-state index is 0.152. The summed E-state index contributed by atoms with van der Waals surface area (Å²) in [6.07, 6.45) is 5.67. The molecule has 27 heavy (non-hydrogen) atoms. The van der Waals surface area contributed by atoms with Gasteiger partial charge in [0.25, 0.3) is 0 Å². The van der Waals surface area contributed by atoms with E-state index in [1.54, 1.807) is 6.20 Å². The van der Waals surface area contributed by atoms with Gasteiger partial charge in [0.05, 0.1) is 0 Å². The first-order valence-corrected chi connectivity index (χ1v) is 9.56. The second kappa shape index (κ2) is 7.39. The fourth-order valence-corrected chi connectivity index (χ4v) is 4.24. The van der Waals surface area contributed by atoms with Crippen LogP contribution >= 0.6 is 0 Å². The SMILES string of the molecule is Cc1nccn1CC(=O)N1CCCC(c2ccccc2)(c2ccccc2)C1. The quantitative estimate of drug-likeness (QED) is 0.711. The van der Waals surface area contributed by atoms with Crippen molar-refractivity contribution in [1.29, 1.82) is 0 Å². The van der Waals surface area contributed by atoms with Crippen molar-refractivity contribution in [2.75, 3.05) is 13.1 Å². The van der Waals surface area contributed by atoms with Gasteiger partial charge in [-0.15, -0.1) is 0 Å². The average molecular weight is 359 g/mol. The first-order chi connectivity index (χ1) is 13.2. The van der Waals surface area contributed by atoms with Crippen LogP contribution in [0, 0.1) is 6.92 Å². The van der Waals surface area contributed by atoms with Crippen LogP contribution < -0.4 is 0 Å². The van der Waals surface area contributed by atoms with Crippen LogP contribution in [0.15, 0.2) is 73.1 Å². The second-order valence-corrected chi connectivity index (χ2v) is 7.34. The number of rotatable bonds is 4. The highest BCUT2D eigenvalue weighted by molar-refractivity contribution is 5.76. The second-order valence-electron chi connectivity index (χ2n) is 7.34. The number of carbonyl (C=O) groups is 1. The lowest BCUT2D eigenvalue weighted by molar-refractivity contribution is -0.133. The van der Waals surface area contributed by atoms with Gasteiger partial charge in [-0.05, 0) is 30.9 Å². The molecule has 1 fully saturated rings. The van der Waals surface area contributed by atoms with Crippen LogP contribution in [-0.4, -0.2) is 33.4 Å². The van der Waals surface area contributed by atoms with E-state index in [9.17, 15) is 4.79 Å². The van der Waals surface area contributed by atoms with Gasteiger partial charge in [0.15, 0.2) is 0 Å². The predicted molar refractivity (Wildman–Crippen MR) is 106 cm³/mol. The van der Waals surface area contributed by atoms with Gasteiger partial charge in [0.2, 0.25) is 5.91 Å². The summed E-state index contributed by atoms with van der Waals surface area (Å²) in [5.41, 5.74) is 2.42. The molecule has 3 aromatic rings. The number of amides is 1. The summed E-state index contributed by atoms with van der Waals surface area (Å²) in [5, 5.41) is 0. The van der Waals surface area contributed by atoms with Crippen LogP contribution in [0.3, 0.4) is 0 Å². The highest BCUT2D eigenvalue weighted by Crippen LogP contribution is 2.40. The molecule has 4 rings (SSSR count). The summed E-state index contributed by atoms with van der Waals surface area (Å²) in [7, 11) is 0. The van der Waals surface area contributed by atoms with Crippen LogP contribution in [0.2, 0.25) is 0 Å². The van der Waals surface area contributed by atoms with E-state index in [0.29, 0.717) is 13.1 Å². The van der Waals surface area contributed by atoms with Gasteiger partial charge in [-0.2, -0.15) is 0 Å². The number of aromatic nitrogens is 2. The number of nitrogens with zero attached hydrogens (tertiary/aromatic N) is 3. The van der Waals surface area contributed by atoms with Crippen molar-refractivity contribution in [3.63, 3.8) is 0 Å². The Morgan fingerprint density at radius 1 is 1.04 bits per heavy atom. The smallest absolute Gasteiger partial charge is 0.242 e. The third kappa shape index (κ3) is 3.39. The molecule has 138 valence electrons. The van der Waals surface area contributed by atoms with Crippen LogP contribution in [0.5, 0.6) is 0 Å². The number of benzene rings is 2. The Balaban J connectivity index is 1.66. The van der Waals surface area contributed by atoms with Gasteiger partial charge in [-0.1, -0.05) is 60.7 Å². The molecule has 1 aliphatic heterocycles. The lowest BCUT2D eigenvalue weighted by atomic mass is 9.69. The topological polar surface area (TPSA) is 38.1 Å². The van der Waals surface area contributed by atoms with Gasteiger partial charge in [0, 0.05) is 30.9 Å². The Hall–Kier alpha value is -2.88. The average Bonchev–Trinajstić information content (AvgIpc) is 3.13. The van der Waals surface area contributed by atoms with Gasteiger partial charge in [-0.25, -0.2) is 4.98 Å². The third-order valence-electron chi connectivity index (χ3n) is 5.73. The molecule has 0 atom stereocenters. The zero-order valence-corrected chi connectivity index (χ0v) is 15.7. The molecule has 1 amide bonds. The Labute approximate surface area is 160 Å². The van der Waals surface area contributed by atoms with E-state index >= 15 is 0 Å². The monoisotopic (exact) mass is 359 g/mol. The Kier molecular flexibility index (Phi) is 4.80. The zero-order chi connectivity index (χ0) is 18.7. The first kappa shape index (κ1) is 17.5. The fraction of sp³-hybridized carbons (Fsp3) is 0.304. The molecule has 0 unspecified atom stereocenters. The lowest BCUT2D eigenvalue weighted by Crippen LogP contribution is -2.50. The Morgan fingerprint density at radius 2 is 1.67 bits per heavy atom. The molecule has 4 nitrogen and oxygen atoms in total. The summed E-state index contributed by atoms with van der Waals surface area (Å²) in [4.78, 5) is 19.3. The molecule has 1 saturated heterocycles. The minimum atomic E-state index is -0.152. The van der Waals surface area contributed by atoms with E-state index < -0.39 is 0 Å². The maximum Gasteiger partial charge on any atom is 0.242 e. The van der Waals surface area contributed by atoms with Gasteiger partial charge < -0.3 is 9.47 Å². The van der Waals surface area contributed by atoms with Crippen LogP contribution in [0.25, 0.3) is 0 Å². The van der Waals surface area contributed by atoms with E-state index in [1.807, 2.05) is 22.6 Å². The molecule has 1 aromatic heterocycles. The first-order valence-electron chi connectivity index (χ1n) is 9.56. The number of piperidine rings is 1. The molecular weight excluding hydrogens is 334 g/mol. The third-order valence-corrected chi connectivity index (χ3v) is 5.73. The predicted octanol–water partition coefficient (Wildman–Crippen LogP) is 3.80. The molecular formula is C23H25N3O. The van der Waals surface area contributed by atoms with Crippen LogP contribution in [-0.2, 0) is 16.8 Å². The molecule has 2 heterocycles. The molecule has 0 spiro atoms. The molecule has 4 heteroatoms. The van der Waals surface area contributed by atoms with E-state index in [0.717, 1.165) is 25.2 Å². The maximum absolute atomic E-state index is 13.0. The summed E-state index contributed by atoms with van der Waals surface area (Å²) in [5.74, 6) is 1.03. The highest BCUT2D eigenvalue weighted by Gasteiger charge is 2.39. The number of hydrogen-bond donors (Lipinski definition) is 0. The number of likely N-dealkylation sites (tertiary alicyclic amines) is 1. The van der Waals surface area contributed by atoms with Gasteiger partial charge in [0.1, 0.15) is 12.4 Å². The largest absolute Gasteiger partial charge is 0.340 e. The lowest BCUT2D eigenvalue weighted by Gasteiger charge is -2.44. The summed E-state index contributed by atoms with van der Waals surface area (Å²) in [6.45, 7) is 3.81. The molecule has 0 saturated carbocycles. The van der Waals surface area contributed by atoms with Crippen molar-refractivity contribution in [3.8, 4) is 0 Å². The van der Waals surface area contributed by atoms with Crippen LogP contribution in [0.4, 0.5) is 0 Å². The summed E-state index contributed by atoms with van der Waals surface area (Å²) in [6, 6.07) is 21.3. The van der Waals surface area contributed by atoms with Crippen molar-refractivity contribution in [2.24, 2.45) is 0 Å². The normalized spacial score (nSPS) is 16.3. The molecule has 0 aliphatic carbocycles. The number of aryl methyl sites for hydroxylation is 1. The van der Waals surface area contributed by atoms with E-state index in [2.05, 4.69) is 65.6 Å². The maximum atomic E-state index is 13.0.